The molecule has 8 aromatic carbocycles. The summed E-state index contributed by atoms with van der Waals surface area (Å²) in [7, 11) is 2.42. The molecule has 9 atom stereocenters. The quantitative estimate of drug-likeness (QED) is 0.0148. The van der Waals surface area contributed by atoms with Gasteiger partial charge in [0.15, 0.2) is 22.4 Å². The van der Waals surface area contributed by atoms with Gasteiger partial charge in [-0.1, -0.05) is 157 Å². The second-order valence-electron chi connectivity index (χ2n) is 38.0. The zero-order chi connectivity index (χ0) is 97.8. The highest BCUT2D eigenvalue weighted by atomic mass is 79.9. The van der Waals surface area contributed by atoms with E-state index in [0.717, 1.165) is 23.3 Å². The molecule has 0 saturated carbocycles. The molecule has 8 bridgehead atoms. The Bertz CT molecular complexity index is 5550. The van der Waals surface area contributed by atoms with Crippen molar-refractivity contribution in [2.75, 3.05) is 62.3 Å². The number of methoxy groups -OCH3 is 5. The van der Waals surface area contributed by atoms with Gasteiger partial charge in [0.25, 0.3) is 0 Å². The number of likely N-dealkylation sites (N-methyl/N-ethyl adjacent to an activating group) is 1. The van der Waals surface area contributed by atoms with Crippen molar-refractivity contribution in [2.45, 2.75) is 211 Å². The Labute approximate surface area is 804 Å². The molecule has 0 aliphatic carbocycles. The normalized spacial score (nSPS) is 17.6. The first kappa shape index (κ1) is 103. The number of nitrogens with one attached hydrogen (secondary N) is 7. The van der Waals surface area contributed by atoms with Gasteiger partial charge in [-0.2, -0.15) is 0 Å². The highest BCUT2D eigenvalue weighted by Crippen LogP contribution is 2.50. The standard InChI is InChI=1S/C99H124BrCl2N11O19Si2/c1-56(2)45-74(112(12)96(122)130-97(3,4)5)91(117)108-86(88(131-133(18,19)98(6,7)8)61-33-40-75(114)70(101)48-61)94(120)103-72(53-80(115)105-82(58-29-36-64(123-13)37-30-58)59-31-38-65(124-14)39-32-59)90(116)106-84-63-47-69(100)85(110-111-113-43-25-26-44-113)79(50-63)129-77-42-35-62(49-71(77)102)89(132-134(20,21)99(9,10)11)87-95(121)104-73(55-128-54-57-27-23-22-24-28-57)67-51-66(125-15)52-78(127-17)81(67)68-46-60(34-41-76(68)126-16)83(92(118)109-87)107-93(84)119/h22-24,27-42,46-52,56,72-74,82-84,86-89,114H,25-26,43-45,53-55H2,1-21H3,(H,103,120)(H,104,121)(H,105,115)(H,106,116)(H,107,119)(H,108,117)(H,109,118). The largest absolute Gasteiger partial charge is 0.506 e. The first-order valence-electron chi connectivity index (χ1n) is 44.5. The Hall–Kier alpha value is -11.3. The molecule has 4 aliphatic heterocycles. The lowest BCUT2D eigenvalue weighted by atomic mass is 9.89. The van der Waals surface area contributed by atoms with Crippen LogP contribution in [0.1, 0.15) is 183 Å². The van der Waals surface area contributed by atoms with Crippen molar-refractivity contribution in [1.29, 1.82) is 0 Å². The second-order valence-corrected chi connectivity index (χ2v) is 49.2. The summed E-state index contributed by atoms with van der Waals surface area (Å²) in [6.07, 6.45) is -3.11. The zero-order valence-corrected chi connectivity index (χ0v) is 84.8. The van der Waals surface area contributed by atoms with Crippen molar-refractivity contribution >= 4 is 109 Å². The summed E-state index contributed by atoms with van der Waals surface area (Å²) in [6, 6.07) is 30.0. The van der Waals surface area contributed by atoms with Gasteiger partial charge in [-0.25, -0.2) is 4.79 Å². The van der Waals surface area contributed by atoms with Crippen molar-refractivity contribution in [3.8, 4) is 57.1 Å². The number of nitrogens with zero attached hydrogens (tertiary/aromatic N) is 4. The smallest absolute Gasteiger partial charge is 0.410 e. The van der Waals surface area contributed by atoms with Gasteiger partial charge in [-0.15, -0.1) is 5.11 Å². The maximum atomic E-state index is 17.1. The minimum absolute atomic E-state index is 0.00780. The molecule has 35 heteroatoms. The lowest BCUT2D eigenvalue weighted by molar-refractivity contribution is -0.138. The molecule has 8 aromatic rings. The predicted molar refractivity (Wildman–Crippen MR) is 520 cm³/mol. The van der Waals surface area contributed by atoms with Crippen LogP contribution >= 0.6 is 39.1 Å². The lowest BCUT2D eigenvalue weighted by Gasteiger charge is -2.42. The number of phenols is 1. The van der Waals surface area contributed by atoms with Gasteiger partial charge in [0.2, 0.25) is 41.4 Å². The van der Waals surface area contributed by atoms with Crippen LogP contribution in [0.2, 0.25) is 46.3 Å². The SMILES string of the molecule is COc1ccc(C(NC(=O)CC(NC(=O)C(NC(=O)C(CC(C)C)N(C)C(=O)OC(C)(C)C)C(O[Si](C)(C)C(C)(C)C)c2ccc(O)c(Cl)c2)C(=O)NC2C(=O)NC3C(=O)NC(C(=O)NC(COCc4ccccc4)c4cc(OC)cc(OC)c4-c4cc3ccc4OC)C(O[Si](C)(C)C(C)(C)C)c3ccc(c(Cl)c3)Oc3cc2cc(Br)c3N=NN2CCCC2)c2ccc(OC)cc2)cc1. The van der Waals surface area contributed by atoms with Crippen LogP contribution in [0, 0.1) is 5.92 Å². The number of halogens is 3. The number of hydrogen-bond donors (Lipinski definition) is 8. The maximum absolute atomic E-state index is 17.1. The van der Waals surface area contributed by atoms with Crippen LogP contribution in [0.3, 0.4) is 0 Å². The summed E-state index contributed by atoms with van der Waals surface area (Å²) in [6.45, 7) is 29.5. The minimum Gasteiger partial charge on any atom is -0.506 e. The lowest BCUT2D eigenvalue weighted by Crippen LogP contribution is -2.61. The zero-order valence-electron chi connectivity index (χ0n) is 79.7. The Balaban J connectivity index is 1.16. The van der Waals surface area contributed by atoms with Gasteiger partial charge < -0.3 is 89.1 Å². The summed E-state index contributed by atoms with van der Waals surface area (Å²) in [5.41, 5.74) is 2.45. The number of phenolic OH excluding ortho intramolecular Hbond substituents is 1. The molecule has 4 aliphatic rings. The predicted octanol–water partition coefficient (Wildman–Crippen LogP) is 18.3. The van der Waals surface area contributed by atoms with E-state index in [9.17, 15) is 9.90 Å². The first-order chi connectivity index (χ1) is 63.2. The van der Waals surface area contributed by atoms with E-state index in [0.29, 0.717) is 63.7 Å². The molecule has 0 spiro atoms. The molecule has 0 aromatic heterocycles. The van der Waals surface area contributed by atoms with Crippen LogP contribution in [0.4, 0.5) is 10.5 Å². The van der Waals surface area contributed by atoms with Gasteiger partial charge in [0.05, 0.1) is 89.5 Å². The number of fused-ring (bicyclic) bond motifs is 8. The van der Waals surface area contributed by atoms with Crippen molar-refractivity contribution in [1.82, 2.24) is 47.1 Å². The van der Waals surface area contributed by atoms with Gasteiger partial charge in [-0.05, 0) is 222 Å². The van der Waals surface area contributed by atoms with Crippen molar-refractivity contribution < 1.29 is 90.2 Å². The molecule has 718 valence electrons. The average Bonchev–Trinajstić information content (AvgIpc) is 0.788. The van der Waals surface area contributed by atoms with E-state index in [1.165, 1.54) is 72.9 Å². The second kappa shape index (κ2) is 44.0. The number of hydrogen-bond acceptors (Lipinski definition) is 21. The van der Waals surface area contributed by atoms with E-state index < -0.39 is 147 Å². The molecule has 30 nitrogen and oxygen atoms in total. The first-order valence-corrected chi connectivity index (χ1v) is 51.8. The Kier molecular flexibility index (Phi) is 33.9. The van der Waals surface area contributed by atoms with Crippen LogP contribution in [0.25, 0.3) is 11.1 Å². The van der Waals surface area contributed by atoms with Crippen molar-refractivity contribution in [3.63, 3.8) is 0 Å². The summed E-state index contributed by atoms with van der Waals surface area (Å²) in [4.78, 5) is 132. The van der Waals surface area contributed by atoms with Crippen LogP contribution in [-0.2, 0) is 58.5 Å². The van der Waals surface area contributed by atoms with Crippen LogP contribution in [0.5, 0.6) is 46.0 Å². The van der Waals surface area contributed by atoms with E-state index in [-0.39, 0.29) is 91.2 Å². The maximum Gasteiger partial charge on any atom is 0.410 e. The molecular weight excluding hydrogens is 1850 g/mol. The Morgan fingerprint density at radius 2 is 1.25 bits per heavy atom. The van der Waals surface area contributed by atoms with Crippen LogP contribution in [-0.4, -0.2) is 171 Å². The molecule has 9 unspecified atom stereocenters. The fourth-order valence-electron chi connectivity index (χ4n) is 15.3. The van der Waals surface area contributed by atoms with Crippen molar-refractivity contribution in [2.24, 2.45) is 16.3 Å². The minimum atomic E-state index is -3.24. The summed E-state index contributed by atoms with van der Waals surface area (Å²) in [5.74, 6) is -5.99. The molecule has 12 rings (SSSR count). The molecule has 1 saturated heterocycles. The topological polar surface area (TPSA) is 365 Å². The van der Waals surface area contributed by atoms with E-state index in [2.05, 4.69) is 58.4 Å². The summed E-state index contributed by atoms with van der Waals surface area (Å²) in [5, 5.41) is 42.1. The third kappa shape index (κ3) is 25.4. The van der Waals surface area contributed by atoms with Gasteiger partial charge in [0, 0.05) is 41.8 Å². The van der Waals surface area contributed by atoms with Gasteiger partial charge >= 0.3 is 6.09 Å². The molecule has 4 heterocycles. The van der Waals surface area contributed by atoms with Gasteiger partial charge in [0.1, 0.15) is 87.8 Å². The van der Waals surface area contributed by atoms with E-state index >= 15 is 33.6 Å². The number of amides is 8. The number of ether oxygens (including phenoxy) is 8. The van der Waals surface area contributed by atoms with Gasteiger partial charge in [-0.3, -0.25) is 43.5 Å². The van der Waals surface area contributed by atoms with E-state index in [1.807, 2.05) is 112 Å². The highest BCUT2D eigenvalue weighted by Gasteiger charge is 2.49. The third-order valence-electron chi connectivity index (χ3n) is 24.7. The molecule has 1 fully saturated rings. The Morgan fingerprint density at radius 3 is 1.83 bits per heavy atom. The molecule has 8 N–H and O–H groups in total. The molecule has 0 radical (unpaired) electrons. The van der Waals surface area contributed by atoms with E-state index in [4.69, 9.17) is 75.1 Å². The number of rotatable bonds is 31. The van der Waals surface area contributed by atoms with Crippen molar-refractivity contribution in [3.05, 3.63) is 217 Å². The number of benzene rings is 8. The Morgan fingerprint density at radius 1 is 0.627 bits per heavy atom. The monoisotopic (exact) mass is 1980 g/mol. The molecular formula is C99H124BrCl2N11O19Si2. The number of carbonyl (C=O) groups is 8. The summed E-state index contributed by atoms with van der Waals surface area (Å²) >= 11 is 18.2. The third-order valence-corrected chi connectivity index (χ3v) is 34.8. The average molecular weight is 1980 g/mol. The van der Waals surface area contributed by atoms with E-state index in [1.54, 1.807) is 123 Å². The fourth-order valence-corrected chi connectivity index (χ4v) is 18.7. The number of aromatic hydroxyl groups is 1. The highest BCUT2D eigenvalue weighted by molar-refractivity contribution is 9.10. The van der Waals surface area contributed by atoms with Crippen LogP contribution < -0.4 is 65.6 Å². The number of carbonyl (C=O) groups excluding carboxylic acids is 8. The summed E-state index contributed by atoms with van der Waals surface area (Å²) < 4.78 is 64.0. The molecule has 134 heavy (non-hydrogen) atoms. The molecule has 8 amide bonds. The fraction of sp³-hybridized carbons (Fsp3) is 0.434. The van der Waals surface area contributed by atoms with Crippen LogP contribution in [0.15, 0.2) is 173 Å².